The van der Waals surface area contributed by atoms with Crippen LogP contribution in [0.5, 0.6) is 0 Å². The maximum atomic E-state index is 5.19. The van der Waals surface area contributed by atoms with E-state index in [2.05, 4.69) is 29.7 Å². The van der Waals surface area contributed by atoms with Crippen LogP contribution in [0.4, 0.5) is 5.69 Å². The molecule has 1 aromatic carbocycles. The lowest BCUT2D eigenvalue weighted by Crippen LogP contribution is -2.38. The number of hydrogen-bond donors (Lipinski definition) is 2. The van der Waals surface area contributed by atoms with Crippen molar-refractivity contribution < 1.29 is 4.74 Å². The molecule has 0 amide bonds. The van der Waals surface area contributed by atoms with E-state index in [4.69, 9.17) is 17.0 Å². The van der Waals surface area contributed by atoms with Gasteiger partial charge in [0.25, 0.3) is 0 Å². The molecule has 0 saturated heterocycles. The largest absolute Gasteiger partial charge is 0.383 e. The molecule has 16 heavy (non-hydrogen) atoms. The third kappa shape index (κ3) is 4.59. The first-order valence-electron chi connectivity index (χ1n) is 5.25. The maximum Gasteiger partial charge on any atom is 0.171 e. The van der Waals surface area contributed by atoms with Crippen LogP contribution in [0.3, 0.4) is 0 Å². The minimum atomic E-state index is 0.204. The number of benzene rings is 1. The third-order valence-corrected chi connectivity index (χ3v) is 2.29. The van der Waals surface area contributed by atoms with Crippen LogP contribution in [0.15, 0.2) is 24.3 Å². The van der Waals surface area contributed by atoms with Crippen LogP contribution in [0.1, 0.15) is 12.5 Å². The molecule has 1 aromatic rings. The number of methoxy groups -OCH3 is 1. The number of thiocarbonyl (C=S) groups is 1. The second kappa shape index (κ2) is 6.45. The van der Waals surface area contributed by atoms with E-state index in [1.165, 1.54) is 5.56 Å². The Bertz CT molecular complexity index is 355. The molecule has 3 nitrogen and oxygen atoms in total. The van der Waals surface area contributed by atoms with E-state index < -0.39 is 0 Å². The molecular formula is C12H18N2OS. The summed E-state index contributed by atoms with van der Waals surface area (Å²) in [4.78, 5) is 0. The summed E-state index contributed by atoms with van der Waals surface area (Å²) in [6.07, 6.45) is 0. The van der Waals surface area contributed by atoms with Gasteiger partial charge < -0.3 is 15.4 Å². The second-order valence-corrected chi connectivity index (χ2v) is 4.23. The van der Waals surface area contributed by atoms with E-state index in [-0.39, 0.29) is 6.04 Å². The molecule has 0 heterocycles. The van der Waals surface area contributed by atoms with Crippen molar-refractivity contribution in [1.29, 1.82) is 0 Å². The van der Waals surface area contributed by atoms with Gasteiger partial charge in [0.15, 0.2) is 5.11 Å². The van der Waals surface area contributed by atoms with Crippen LogP contribution in [-0.2, 0) is 4.74 Å². The number of hydrogen-bond acceptors (Lipinski definition) is 2. The fourth-order valence-electron chi connectivity index (χ4n) is 1.41. The van der Waals surface area contributed by atoms with Gasteiger partial charge in [0.1, 0.15) is 0 Å². The summed E-state index contributed by atoms with van der Waals surface area (Å²) in [7, 11) is 1.68. The van der Waals surface area contributed by atoms with Crippen LogP contribution in [-0.4, -0.2) is 24.9 Å². The molecule has 0 aliphatic rings. The lowest BCUT2D eigenvalue weighted by Gasteiger charge is -2.16. The van der Waals surface area contributed by atoms with E-state index >= 15 is 0 Å². The van der Waals surface area contributed by atoms with Crippen LogP contribution in [0.2, 0.25) is 0 Å². The van der Waals surface area contributed by atoms with Gasteiger partial charge in [0.2, 0.25) is 0 Å². The summed E-state index contributed by atoms with van der Waals surface area (Å²) in [6, 6.07) is 8.29. The van der Waals surface area contributed by atoms with Gasteiger partial charge in [0, 0.05) is 18.8 Å². The number of nitrogens with one attached hydrogen (secondary N) is 2. The number of aryl methyl sites for hydroxylation is 1. The fourth-order valence-corrected chi connectivity index (χ4v) is 1.72. The highest BCUT2D eigenvalue weighted by molar-refractivity contribution is 7.80. The van der Waals surface area contributed by atoms with Crippen molar-refractivity contribution in [3.05, 3.63) is 29.8 Å². The van der Waals surface area contributed by atoms with Gasteiger partial charge in [-0.2, -0.15) is 0 Å². The molecular weight excluding hydrogens is 220 g/mol. The Balaban J connectivity index is 2.45. The van der Waals surface area contributed by atoms with Gasteiger partial charge in [-0.15, -0.1) is 0 Å². The molecule has 0 aliphatic carbocycles. The zero-order valence-electron chi connectivity index (χ0n) is 9.91. The molecule has 0 bridgehead atoms. The van der Waals surface area contributed by atoms with Crippen LogP contribution in [0.25, 0.3) is 0 Å². The Morgan fingerprint density at radius 1 is 1.50 bits per heavy atom. The van der Waals surface area contributed by atoms with Crippen molar-refractivity contribution >= 4 is 23.0 Å². The molecule has 2 N–H and O–H groups in total. The van der Waals surface area contributed by atoms with Crippen molar-refractivity contribution in [1.82, 2.24) is 5.32 Å². The molecule has 0 unspecified atom stereocenters. The van der Waals surface area contributed by atoms with E-state index in [1.807, 2.05) is 19.1 Å². The second-order valence-electron chi connectivity index (χ2n) is 3.82. The quantitative estimate of drug-likeness (QED) is 0.789. The number of rotatable bonds is 4. The first-order chi connectivity index (χ1) is 7.61. The van der Waals surface area contributed by atoms with Gasteiger partial charge in [-0.1, -0.05) is 12.1 Å². The highest BCUT2D eigenvalue weighted by Crippen LogP contribution is 2.09. The summed E-state index contributed by atoms with van der Waals surface area (Å²) in [6.45, 7) is 4.71. The van der Waals surface area contributed by atoms with Gasteiger partial charge in [-0.3, -0.25) is 0 Å². The molecule has 0 spiro atoms. The highest BCUT2D eigenvalue weighted by Gasteiger charge is 2.03. The molecule has 1 atom stereocenters. The molecule has 0 radical (unpaired) electrons. The molecule has 0 saturated carbocycles. The molecule has 4 heteroatoms. The summed E-state index contributed by atoms with van der Waals surface area (Å²) in [5.41, 5.74) is 2.21. The van der Waals surface area contributed by atoms with Gasteiger partial charge >= 0.3 is 0 Å². The molecule has 0 aromatic heterocycles. The van der Waals surface area contributed by atoms with Gasteiger partial charge in [-0.05, 0) is 43.8 Å². The van der Waals surface area contributed by atoms with Gasteiger partial charge in [-0.25, -0.2) is 0 Å². The van der Waals surface area contributed by atoms with Crippen molar-refractivity contribution in [3.63, 3.8) is 0 Å². The zero-order chi connectivity index (χ0) is 12.0. The maximum absolute atomic E-state index is 5.19. The Hall–Kier alpha value is -1.13. The summed E-state index contributed by atoms with van der Waals surface area (Å²) >= 11 is 5.19. The number of ether oxygens (including phenoxy) is 1. The molecule has 1 rings (SSSR count). The Morgan fingerprint density at radius 3 is 2.88 bits per heavy atom. The van der Waals surface area contributed by atoms with E-state index in [9.17, 15) is 0 Å². The zero-order valence-corrected chi connectivity index (χ0v) is 10.7. The molecule has 0 fully saturated rings. The van der Waals surface area contributed by atoms with E-state index in [1.54, 1.807) is 7.11 Å². The topological polar surface area (TPSA) is 33.3 Å². The van der Waals surface area contributed by atoms with Crippen molar-refractivity contribution in [2.24, 2.45) is 0 Å². The Morgan fingerprint density at radius 2 is 2.25 bits per heavy atom. The smallest absolute Gasteiger partial charge is 0.171 e. The lowest BCUT2D eigenvalue weighted by atomic mass is 10.2. The predicted octanol–water partition coefficient (Wildman–Crippen LogP) is 2.32. The molecule has 88 valence electrons. The Labute approximate surface area is 102 Å². The van der Waals surface area contributed by atoms with Crippen molar-refractivity contribution in [2.75, 3.05) is 19.0 Å². The van der Waals surface area contributed by atoms with Crippen molar-refractivity contribution in [2.45, 2.75) is 19.9 Å². The normalized spacial score (nSPS) is 11.9. The van der Waals surface area contributed by atoms with Crippen molar-refractivity contribution in [3.8, 4) is 0 Å². The average molecular weight is 238 g/mol. The summed E-state index contributed by atoms with van der Waals surface area (Å²) < 4.78 is 5.02. The SMILES string of the molecule is COC[C@H](C)NC(=S)Nc1cccc(C)c1. The fraction of sp³-hybridized carbons (Fsp3) is 0.417. The van der Waals surface area contributed by atoms with Crippen LogP contribution in [0, 0.1) is 6.92 Å². The highest BCUT2D eigenvalue weighted by atomic mass is 32.1. The first kappa shape index (κ1) is 12.9. The van der Waals surface area contributed by atoms with Gasteiger partial charge in [0.05, 0.1) is 6.61 Å². The van der Waals surface area contributed by atoms with Crippen LogP contribution < -0.4 is 10.6 Å². The Kier molecular flexibility index (Phi) is 5.22. The number of anilines is 1. The lowest BCUT2D eigenvalue weighted by molar-refractivity contribution is 0.179. The predicted molar refractivity (Wildman–Crippen MR) is 71.9 cm³/mol. The van der Waals surface area contributed by atoms with Crippen LogP contribution >= 0.6 is 12.2 Å². The standard InChI is InChI=1S/C12H18N2OS/c1-9-5-4-6-11(7-9)14-12(16)13-10(2)8-15-3/h4-7,10H,8H2,1-3H3,(H2,13,14,16)/t10-/m0/s1. The first-order valence-corrected chi connectivity index (χ1v) is 5.65. The molecule has 0 aliphatic heterocycles. The minimum Gasteiger partial charge on any atom is -0.383 e. The van der Waals surface area contributed by atoms with E-state index in [0.29, 0.717) is 11.7 Å². The summed E-state index contributed by atoms with van der Waals surface area (Å²) in [5.74, 6) is 0. The third-order valence-electron chi connectivity index (χ3n) is 2.07. The summed E-state index contributed by atoms with van der Waals surface area (Å²) in [5, 5.41) is 6.90. The minimum absolute atomic E-state index is 0.204. The monoisotopic (exact) mass is 238 g/mol. The van der Waals surface area contributed by atoms with E-state index in [0.717, 1.165) is 5.69 Å². The average Bonchev–Trinajstić information content (AvgIpc) is 2.17.